The number of hydrogen-bond donors (Lipinski definition) is 0. The molecule has 0 heterocycles. The maximum Gasteiger partial charge on any atom is 0.106 e. The van der Waals surface area contributed by atoms with Crippen LogP contribution in [-0.4, -0.2) is 26.1 Å². The second kappa shape index (κ2) is 7.00. The van der Waals surface area contributed by atoms with Crippen molar-refractivity contribution in [3.63, 3.8) is 0 Å². The van der Waals surface area contributed by atoms with Crippen molar-refractivity contribution in [3.8, 4) is 0 Å². The number of rotatable bonds is 5. The van der Waals surface area contributed by atoms with Crippen molar-refractivity contribution < 1.29 is 9.68 Å². The van der Waals surface area contributed by atoms with Crippen molar-refractivity contribution in [2.24, 2.45) is 10.3 Å². The maximum atomic E-state index is 4.79. The van der Waals surface area contributed by atoms with Gasteiger partial charge < -0.3 is 9.68 Å². The molecule has 0 spiro atoms. The smallest absolute Gasteiger partial charge is 0.106 e. The first-order valence-electron chi connectivity index (χ1n) is 4.69. The van der Waals surface area contributed by atoms with Gasteiger partial charge in [-0.15, -0.1) is 0 Å². The van der Waals surface area contributed by atoms with Crippen LogP contribution < -0.4 is 0 Å². The zero-order valence-electron chi connectivity index (χ0n) is 9.18. The van der Waals surface area contributed by atoms with Crippen LogP contribution in [0.3, 0.4) is 0 Å². The molecule has 0 aliphatic heterocycles. The fraction of sp³-hybridized carbons (Fsp3) is 0.273. The first-order valence-corrected chi connectivity index (χ1v) is 5.48. The summed E-state index contributed by atoms with van der Waals surface area (Å²) >= 11 is 3.38. The van der Waals surface area contributed by atoms with Crippen molar-refractivity contribution in [2.75, 3.05) is 14.2 Å². The van der Waals surface area contributed by atoms with Crippen molar-refractivity contribution in [2.45, 2.75) is 6.42 Å². The highest BCUT2D eigenvalue weighted by Crippen LogP contribution is 2.12. The van der Waals surface area contributed by atoms with E-state index in [4.69, 9.17) is 4.84 Å². The zero-order chi connectivity index (χ0) is 11.8. The van der Waals surface area contributed by atoms with Crippen molar-refractivity contribution in [1.82, 2.24) is 0 Å². The Bertz CT molecular complexity index is 374. The SMILES string of the molecule is CO/N=C/C/C(=N\OC)c1ccc(Br)cc1. The van der Waals surface area contributed by atoms with E-state index in [0.717, 1.165) is 15.7 Å². The van der Waals surface area contributed by atoms with E-state index >= 15 is 0 Å². The van der Waals surface area contributed by atoms with Crippen LogP contribution in [0.1, 0.15) is 12.0 Å². The molecular weight excluding hydrogens is 272 g/mol. The summed E-state index contributed by atoms with van der Waals surface area (Å²) in [6.07, 6.45) is 2.20. The molecule has 0 aliphatic carbocycles. The molecule has 1 aromatic carbocycles. The van der Waals surface area contributed by atoms with Crippen LogP contribution in [-0.2, 0) is 9.68 Å². The minimum Gasteiger partial charge on any atom is -0.399 e. The molecule has 0 saturated heterocycles. The van der Waals surface area contributed by atoms with E-state index in [1.54, 1.807) is 6.21 Å². The molecule has 1 aromatic rings. The van der Waals surface area contributed by atoms with E-state index in [1.807, 2.05) is 24.3 Å². The highest BCUT2D eigenvalue weighted by atomic mass is 79.9. The lowest BCUT2D eigenvalue weighted by Crippen LogP contribution is -2.02. The Hall–Kier alpha value is -1.36. The summed E-state index contributed by atoms with van der Waals surface area (Å²) in [6, 6.07) is 7.83. The standard InChI is InChI=1S/C11H13BrN2O2/c1-15-13-8-7-11(14-16-2)9-3-5-10(12)6-4-9/h3-6,8H,7H2,1-2H3/b13-8+,14-11+. The lowest BCUT2D eigenvalue weighted by atomic mass is 10.1. The van der Waals surface area contributed by atoms with Crippen LogP contribution in [0.2, 0.25) is 0 Å². The van der Waals surface area contributed by atoms with Crippen molar-refractivity contribution >= 4 is 27.9 Å². The van der Waals surface area contributed by atoms with Gasteiger partial charge in [-0.3, -0.25) is 0 Å². The fourth-order valence-electron chi connectivity index (χ4n) is 1.16. The first kappa shape index (κ1) is 12.7. The summed E-state index contributed by atoms with van der Waals surface area (Å²) in [7, 11) is 3.02. The van der Waals surface area contributed by atoms with E-state index in [9.17, 15) is 0 Å². The normalized spacial score (nSPS) is 11.8. The molecule has 0 atom stereocenters. The molecule has 0 radical (unpaired) electrons. The lowest BCUT2D eigenvalue weighted by Gasteiger charge is -2.02. The third-order valence-electron chi connectivity index (χ3n) is 1.84. The van der Waals surface area contributed by atoms with E-state index in [1.165, 1.54) is 14.2 Å². The second-order valence-corrected chi connectivity index (χ2v) is 3.82. The molecule has 0 bridgehead atoms. The van der Waals surface area contributed by atoms with Crippen molar-refractivity contribution in [1.29, 1.82) is 0 Å². The van der Waals surface area contributed by atoms with Gasteiger partial charge in [-0.05, 0) is 17.7 Å². The van der Waals surface area contributed by atoms with E-state index in [0.29, 0.717) is 6.42 Å². The van der Waals surface area contributed by atoms with E-state index < -0.39 is 0 Å². The van der Waals surface area contributed by atoms with Crippen LogP contribution in [0.25, 0.3) is 0 Å². The van der Waals surface area contributed by atoms with Gasteiger partial charge in [-0.2, -0.15) is 0 Å². The quantitative estimate of drug-likeness (QED) is 0.616. The Morgan fingerprint density at radius 1 is 1.25 bits per heavy atom. The van der Waals surface area contributed by atoms with Gasteiger partial charge in [0, 0.05) is 17.1 Å². The Morgan fingerprint density at radius 2 is 1.94 bits per heavy atom. The van der Waals surface area contributed by atoms with Gasteiger partial charge in [0.2, 0.25) is 0 Å². The molecule has 5 heteroatoms. The molecule has 0 N–H and O–H groups in total. The minimum absolute atomic E-state index is 0.559. The van der Waals surface area contributed by atoms with Crippen LogP contribution in [0.4, 0.5) is 0 Å². The van der Waals surface area contributed by atoms with Crippen LogP contribution in [0.15, 0.2) is 39.0 Å². The topological polar surface area (TPSA) is 43.2 Å². The predicted octanol–water partition coefficient (Wildman–Crippen LogP) is 2.82. The number of oxime groups is 2. The third kappa shape index (κ3) is 4.02. The zero-order valence-corrected chi connectivity index (χ0v) is 10.8. The molecule has 0 unspecified atom stereocenters. The van der Waals surface area contributed by atoms with Crippen LogP contribution in [0, 0.1) is 0 Å². The molecule has 4 nitrogen and oxygen atoms in total. The van der Waals surface area contributed by atoms with Gasteiger partial charge in [0.05, 0.1) is 5.71 Å². The number of halogens is 1. The predicted molar refractivity (Wildman–Crippen MR) is 67.8 cm³/mol. The minimum atomic E-state index is 0.559. The van der Waals surface area contributed by atoms with Gasteiger partial charge in [0.25, 0.3) is 0 Å². The van der Waals surface area contributed by atoms with E-state index in [-0.39, 0.29) is 0 Å². The van der Waals surface area contributed by atoms with E-state index in [2.05, 4.69) is 31.1 Å². The number of benzene rings is 1. The molecular formula is C11H13BrN2O2. The summed E-state index contributed by atoms with van der Waals surface area (Å²) in [4.78, 5) is 9.38. The van der Waals surface area contributed by atoms with Crippen molar-refractivity contribution in [3.05, 3.63) is 34.3 Å². The van der Waals surface area contributed by atoms with Crippen LogP contribution in [0.5, 0.6) is 0 Å². The van der Waals surface area contributed by atoms with Gasteiger partial charge in [0.15, 0.2) is 0 Å². The maximum absolute atomic E-state index is 4.79. The molecule has 0 saturated carbocycles. The first-order chi connectivity index (χ1) is 7.77. The van der Waals surface area contributed by atoms with Crippen LogP contribution >= 0.6 is 15.9 Å². The summed E-state index contributed by atoms with van der Waals surface area (Å²) < 4.78 is 1.03. The third-order valence-corrected chi connectivity index (χ3v) is 2.37. The average molecular weight is 285 g/mol. The summed E-state index contributed by atoms with van der Waals surface area (Å²) in [5, 5.41) is 7.62. The Labute approximate surface area is 103 Å². The Balaban J connectivity index is 2.81. The molecule has 0 aromatic heterocycles. The molecule has 16 heavy (non-hydrogen) atoms. The molecule has 0 aliphatic rings. The number of nitrogens with zero attached hydrogens (tertiary/aromatic N) is 2. The summed E-state index contributed by atoms with van der Waals surface area (Å²) in [5.74, 6) is 0. The highest BCUT2D eigenvalue weighted by molar-refractivity contribution is 9.10. The average Bonchev–Trinajstić information content (AvgIpc) is 2.29. The fourth-order valence-corrected chi connectivity index (χ4v) is 1.42. The molecule has 86 valence electrons. The largest absolute Gasteiger partial charge is 0.399 e. The molecule has 0 amide bonds. The summed E-state index contributed by atoms with van der Waals surface area (Å²) in [6.45, 7) is 0. The molecule has 1 rings (SSSR count). The summed E-state index contributed by atoms with van der Waals surface area (Å²) in [5.41, 5.74) is 1.79. The van der Waals surface area contributed by atoms with Gasteiger partial charge in [-0.25, -0.2) is 0 Å². The molecule has 0 fully saturated rings. The highest BCUT2D eigenvalue weighted by Gasteiger charge is 2.02. The Morgan fingerprint density at radius 3 is 2.50 bits per heavy atom. The van der Waals surface area contributed by atoms with Gasteiger partial charge in [-0.1, -0.05) is 38.4 Å². The Kier molecular flexibility index (Phi) is 5.56. The second-order valence-electron chi connectivity index (χ2n) is 2.90. The van der Waals surface area contributed by atoms with Gasteiger partial charge in [0.1, 0.15) is 14.2 Å². The monoisotopic (exact) mass is 284 g/mol. The van der Waals surface area contributed by atoms with Gasteiger partial charge >= 0.3 is 0 Å². The number of hydrogen-bond acceptors (Lipinski definition) is 4. The lowest BCUT2D eigenvalue weighted by molar-refractivity contribution is 0.212.